The van der Waals surface area contributed by atoms with Gasteiger partial charge in [0.25, 0.3) is 5.91 Å². The SMILES string of the molecule is COC(=O)C(CC(C)C)NC(=O)CCNC(=O)CCNC(=O)c1ccc(Cl)cc1. The third-order valence-electron chi connectivity index (χ3n) is 3.95. The molecule has 0 aliphatic carbocycles. The number of benzene rings is 1. The van der Waals surface area contributed by atoms with E-state index in [-0.39, 0.29) is 49.6 Å². The third-order valence-corrected chi connectivity index (χ3v) is 4.20. The van der Waals surface area contributed by atoms with E-state index < -0.39 is 12.0 Å². The van der Waals surface area contributed by atoms with Crippen LogP contribution >= 0.6 is 11.6 Å². The molecule has 0 heterocycles. The number of hydrogen-bond donors (Lipinski definition) is 3. The van der Waals surface area contributed by atoms with Crippen LogP contribution in [0.3, 0.4) is 0 Å². The van der Waals surface area contributed by atoms with Gasteiger partial charge < -0.3 is 20.7 Å². The van der Waals surface area contributed by atoms with Gasteiger partial charge in [-0.25, -0.2) is 4.79 Å². The van der Waals surface area contributed by atoms with E-state index in [2.05, 4.69) is 16.0 Å². The van der Waals surface area contributed by atoms with Crippen LogP contribution < -0.4 is 16.0 Å². The van der Waals surface area contributed by atoms with E-state index in [4.69, 9.17) is 16.3 Å². The summed E-state index contributed by atoms with van der Waals surface area (Å²) in [5.41, 5.74) is 0.452. The molecule has 8 nitrogen and oxygen atoms in total. The van der Waals surface area contributed by atoms with Crippen LogP contribution in [0.1, 0.15) is 43.5 Å². The van der Waals surface area contributed by atoms with Crippen molar-refractivity contribution < 1.29 is 23.9 Å². The number of esters is 1. The minimum atomic E-state index is -0.703. The first kappa shape index (κ1) is 24.4. The van der Waals surface area contributed by atoms with Gasteiger partial charge in [-0.2, -0.15) is 0 Å². The van der Waals surface area contributed by atoms with Gasteiger partial charge in [0, 0.05) is 36.5 Å². The minimum absolute atomic E-state index is 0.0362. The molecule has 0 aliphatic heterocycles. The zero-order chi connectivity index (χ0) is 21.8. The maximum Gasteiger partial charge on any atom is 0.328 e. The Labute approximate surface area is 175 Å². The first-order chi connectivity index (χ1) is 13.7. The fraction of sp³-hybridized carbons (Fsp3) is 0.500. The molecule has 0 spiro atoms. The maximum atomic E-state index is 12.0. The average molecular weight is 426 g/mol. The quantitative estimate of drug-likeness (QED) is 0.467. The molecule has 1 aromatic carbocycles. The van der Waals surface area contributed by atoms with Gasteiger partial charge in [-0.3, -0.25) is 14.4 Å². The van der Waals surface area contributed by atoms with Crippen molar-refractivity contribution in [3.05, 3.63) is 34.9 Å². The van der Waals surface area contributed by atoms with Crippen molar-refractivity contribution >= 4 is 35.3 Å². The number of ether oxygens (including phenoxy) is 1. The number of amides is 3. The molecular weight excluding hydrogens is 398 g/mol. The molecule has 0 saturated carbocycles. The summed E-state index contributed by atoms with van der Waals surface area (Å²) < 4.78 is 4.69. The molecule has 0 aliphatic rings. The molecule has 9 heteroatoms. The van der Waals surface area contributed by atoms with Crippen LogP contribution in [-0.2, 0) is 19.1 Å². The molecule has 0 radical (unpaired) electrons. The molecular formula is C20H28ClN3O5. The zero-order valence-electron chi connectivity index (χ0n) is 16.9. The van der Waals surface area contributed by atoms with Crippen molar-refractivity contribution in [1.82, 2.24) is 16.0 Å². The second-order valence-electron chi connectivity index (χ2n) is 6.89. The van der Waals surface area contributed by atoms with E-state index in [0.29, 0.717) is 17.0 Å². The minimum Gasteiger partial charge on any atom is -0.467 e. The van der Waals surface area contributed by atoms with Gasteiger partial charge in [0.1, 0.15) is 6.04 Å². The van der Waals surface area contributed by atoms with Crippen LogP contribution in [0.2, 0.25) is 5.02 Å². The van der Waals surface area contributed by atoms with E-state index in [0.717, 1.165) is 0 Å². The maximum absolute atomic E-state index is 12.0. The van der Waals surface area contributed by atoms with Gasteiger partial charge in [0.05, 0.1) is 7.11 Å². The van der Waals surface area contributed by atoms with Gasteiger partial charge in [0.2, 0.25) is 11.8 Å². The van der Waals surface area contributed by atoms with E-state index >= 15 is 0 Å². The Morgan fingerprint density at radius 2 is 1.55 bits per heavy atom. The lowest BCUT2D eigenvalue weighted by Crippen LogP contribution is -2.43. The fourth-order valence-corrected chi connectivity index (χ4v) is 2.62. The highest BCUT2D eigenvalue weighted by molar-refractivity contribution is 6.30. The Bertz CT molecular complexity index is 707. The molecule has 0 aromatic heterocycles. The predicted molar refractivity (Wildman–Crippen MR) is 109 cm³/mol. The molecule has 1 aromatic rings. The third kappa shape index (κ3) is 9.94. The molecule has 0 bridgehead atoms. The zero-order valence-corrected chi connectivity index (χ0v) is 17.7. The lowest BCUT2D eigenvalue weighted by atomic mass is 10.0. The van der Waals surface area contributed by atoms with E-state index in [1.807, 2.05) is 13.8 Å². The number of carbonyl (C=O) groups excluding carboxylic acids is 4. The highest BCUT2D eigenvalue weighted by atomic mass is 35.5. The van der Waals surface area contributed by atoms with Gasteiger partial charge in [-0.1, -0.05) is 25.4 Å². The van der Waals surface area contributed by atoms with E-state index in [1.54, 1.807) is 24.3 Å². The molecule has 160 valence electrons. The number of nitrogens with one attached hydrogen (secondary N) is 3. The first-order valence-electron chi connectivity index (χ1n) is 9.40. The van der Waals surface area contributed by atoms with Crippen molar-refractivity contribution in [2.24, 2.45) is 5.92 Å². The number of methoxy groups -OCH3 is 1. The fourth-order valence-electron chi connectivity index (χ4n) is 2.49. The summed E-state index contributed by atoms with van der Waals surface area (Å²) in [5.74, 6) is -1.22. The normalized spacial score (nSPS) is 11.5. The Balaban J connectivity index is 2.26. The van der Waals surface area contributed by atoms with Crippen molar-refractivity contribution in [1.29, 1.82) is 0 Å². The van der Waals surface area contributed by atoms with Gasteiger partial charge in [-0.05, 0) is 36.6 Å². The number of rotatable bonds is 11. The molecule has 29 heavy (non-hydrogen) atoms. The number of hydrogen-bond acceptors (Lipinski definition) is 5. The van der Waals surface area contributed by atoms with Crippen LogP contribution in [0, 0.1) is 5.92 Å². The predicted octanol–water partition coefficient (Wildman–Crippen LogP) is 1.67. The van der Waals surface area contributed by atoms with Crippen molar-refractivity contribution in [3.8, 4) is 0 Å². The summed E-state index contributed by atoms with van der Waals surface area (Å²) in [6.45, 7) is 4.17. The molecule has 1 atom stereocenters. The second kappa shape index (κ2) is 12.8. The van der Waals surface area contributed by atoms with Crippen molar-refractivity contribution in [2.75, 3.05) is 20.2 Å². The molecule has 3 N–H and O–H groups in total. The monoisotopic (exact) mass is 425 g/mol. The van der Waals surface area contributed by atoms with E-state index in [9.17, 15) is 19.2 Å². The lowest BCUT2D eigenvalue weighted by molar-refractivity contribution is -0.145. The second-order valence-corrected chi connectivity index (χ2v) is 7.32. The van der Waals surface area contributed by atoms with Gasteiger partial charge in [-0.15, -0.1) is 0 Å². The van der Waals surface area contributed by atoms with Crippen molar-refractivity contribution in [2.45, 2.75) is 39.2 Å². The standard InChI is InChI=1S/C20H28ClN3O5/c1-13(2)12-16(20(28)29-3)24-18(26)9-10-22-17(25)8-11-23-19(27)14-4-6-15(21)7-5-14/h4-7,13,16H,8-12H2,1-3H3,(H,22,25)(H,23,27)(H,24,26). The van der Waals surface area contributed by atoms with Crippen LogP contribution in [0.5, 0.6) is 0 Å². The molecule has 3 amide bonds. The lowest BCUT2D eigenvalue weighted by Gasteiger charge is -2.18. The van der Waals surface area contributed by atoms with Crippen molar-refractivity contribution in [3.63, 3.8) is 0 Å². The molecule has 0 fully saturated rings. The number of halogens is 1. The summed E-state index contributed by atoms with van der Waals surface area (Å²) in [6, 6.07) is 5.71. The summed E-state index contributed by atoms with van der Waals surface area (Å²) in [7, 11) is 1.27. The summed E-state index contributed by atoms with van der Waals surface area (Å²) >= 11 is 5.77. The van der Waals surface area contributed by atoms with Crippen LogP contribution in [0.4, 0.5) is 0 Å². The Morgan fingerprint density at radius 3 is 2.14 bits per heavy atom. The van der Waals surface area contributed by atoms with Crippen LogP contribution in [-0.4, -0.2) is 49.9 Å². The van der Waals surface area contributed by atoms with Crippen LogP contribution in [0.15, 0.2) is 24.3 Å². The number of carbonyl (C=O) groups is 4. The molecule has 1 unspecified atom stereocenters. The Morgan fingerprint density at radius 1 is 0.966 bits per heavy atom. The average Bonchev–Trinajstić information content (AvgIpc) is 2.66. The van der Waals surface area contributed by atoms with Gasteiger partial charge in [0.15, 0.2) is 0 Å². The summed E-state index contributed by atoms with van der Waals surface area (Å²) in [5, 5.41) is 8.40. The van der Waals surface area contributed by atoms with E-state index in [1.165, 1.54) is 7.11 Å². The smallest absolute Gasteiger partial charge is 0.328 e. The topological polar surface area (TPSA) is 114 Å². The Kier molecular flexibility index (Phi) is 10.8. The van der Waals surface area contributed by atoms with Gasteiger partial charge >= 0.3 is 5.97 Å². The first-order valence-corrected chi connectivity index (χ1v) is 9.78. The van der Waals surface area contributed by atoms with Crippen LogP contribution in [0.25, 0.3) is 0 Å². The summed E-state index contributed by atoms with van der Waals surface area (Å²) in [4.78, 5) is 47.4. The molecule has 1 rings (SSSR count). The Hall–Kier alpha value is -2.61. The summed E-state index contributed by atoms with van der Waals surface area (Å²) in [6.07, 6.45) is 0.589. The highest BCUT2D eigenvalue weighted by Gasteiger charge is 2.22. The molecule has 0 saturated heterocycles. The highest BCUT2D eigenvalue weighted by Crippen LogP contribution is 2.09. The largest absolute Gasteiger partial charge is 0.467 e.